The van der Waals surface area contributed by atoms with Crippen LogP contribution in [0.25, 0.3) is 11.3 Å². The number of nitrogens with zero attached hydrogens (tertiary/aromatic N) is 1. The van der Waals surface area contributed by atoms with E-state index in [4.69, 9.17) is 0 Å². The summed E-state index contributed by atoms with van der Waals surface area (Å²) in [5, 5.41) is 0. The van der Waals surface area contributed by atoms with Gasteiger partial charge in [0.2, 0.25) is 0 Å². The van der Waals surface area contributed by atoms with Crippen LogP contribution in [0.4, 0.5) is 17.6 Å². The van der Waals surface area contributed by atoms with E-state index in [1.54, 1.807) is 0 Å². The van der Waals surface area contributed by atoms with Crippen molar-refractivity contribution in [2.45, 2.75) is 6.18 Å². The van der Waals surface area contributed by atoms with Crippen LogP contribution in [0.2, 0.25) is 0 Å². The molecule has 0 saturated carbocycles. The number of aromatic nitrogens is 1. The zero-order valence-corrected chi connectivity index (χ0v) is 9.41. The predicted molar refractivity (Wildman–Crippen MR) is 60.0 cm³/mol. The second kappa shape index (κ2) is 4.79. The second-order valence-electron chi connectivity index (χ2n) is 3.76. The van der Waals surface area contributed by atoms with Crippen LogP contribution < -0.4 is 0 Å². The Labute approximate surface area is 105 Å². The number of alkyl halides is 3. The number of hydrogen-bond donors (Lipinski definition) is 0. The van der Waals surface area contributed by atoms with Crippen LogP contribution in [-0.2, 0) is 6.18 Å². The molecule has 0 fully saturated rings. The molecule has 0 amide bonds. The fourth-order valence-electron chi connectivity index (χ4n) is 1.60. The molecule has 2 aromatic rings. The summed E-state index contributed by atoms with van der Waals surface area (Å²) in [5.41, 5.74) is -1.48. The fourth-order valence-corrected chi connectivity index (χ4v) is 1.60. The molecule has 0 atom stereocenters. The van der Waals surface area contributed by atoms with Crippen molar-refractivity contribution in [3.8, 4) is 11.3 Å². The summed E-state index contributed by atoms with van der Waals surface area (Å²) >= 11 is 0. The van der Waals surface area contributed by atoms with E-state index < -0.39 is 17.6 Å². The Morgan fingerprint density at radius 2 is 1.84 bits per heavy atom. The highest BCUT2D eigenvalue weighted by atomic mass is 19.4. The third kappa shape index (κ3) is 2.62. The minimum absolute atomic E-state index is 0.0154. The molecular weight excluding hydrogens is 262 g/mol. The maximum absolute atomic E-state index is 13.5. The highest BCUT2D eigenvalue weighted by Gasteiger charge is 2.31. The molecule has 0 bridgehead atoms. The van der Waals surface area contributed by atoms with Gasteiger partial charge in [-0.3, -0.25) is 9.78 Å². The Morgan fingerprint density at radius 3 is 2.42 bits per heavy atom. The van der Waals surface area contributed by atoms with Crippen LogP contribution >= 0.6 is 0 Å². The normalized spacial score (nSPS) is 11.4. The second-order valence-corrected chi connectivity index (χ2v) is 3.76. The molecule has 1 heterocycles. The molecule has 0 spiro atoms. The Hall–Kier alpha value is -2.24. The SMILES string of the molecule is O=Cc1cc(C(F)(F)F)cnc1-c1ccccc1F. The fraction of sp³-hybridized carbons (Fsp3) is 0.0769. The summed E-state index contributed by atoms with van der Waals surface area (Å²) < 4.78 is 51.0. The van der Waals surface area contributed by atoms with Crippen molar-refractivity contribution >= 4 is 6.29 Å². The van der Waals surface area contributed by atoms with Crippen molar-refractivity contribution in [1.29, 1.82) is 0 Å². The quantitative estimate of drug-likeness (QED) is 0.614. The zero-order valence-electron chi connectivity index (χ0n) is 9.41. The Kier molecular flexibility index (Phi) is 3.33. The molecule has 0 aliphatic heterocycles. The van der Waals surface area contributed by atoms with Gasteiger partial charge in [0.05, 0.1) is 11.3 Å². The third-order valence-electron chi connectivity index (χ3n) is 2.50. The molecule has 98 valence electrons. The maximum Gasteiger partial charge on any atom is 0.417 e. The molecule has 0 aliphatic carbocycles. The summed E-state index contributed by atoms with van der Waals surface area (Å²) in [7, 11) is 0. The molecule has 0 radical (unpaired) electrons. The average molecular weight is 269 g/mol. The molecule has 19 heavy (non-hydrogen) atoms. The van der Waals surface area contributed by atoms with Gasteiger partial charge in [0.15, 0.2) is 6.29 Å². The third-order valence-corrected chi connectivity index (χ3v) is 2.50. The lowest BCUT2D eigenvalue weighted by Gasteiger charge is -2.10. The van der Waals surface area contributed by atoms with Crippen LogP contribution in [0, 0.1) is 5.82 Å². The standard InChI is InChI=1S/C13H7F4NO/c14-11-4-2-1-3-10(11)12-8(7-19)5-9(6-18-12)13(15,16)17/h1-7H. The van der Waals surface area contributed by atoms with Gasteiger partial charge in [-0.2, -0.15) is 13.2 Å². The van der Waals surface area contributed by atoms with Gasteiger partial charge >= 0.3 is 6.18 Å². The van der Waals surface area contributed by atoms with E-state index in [0.29, 0.717) is 12.3 Å². The number of rotatable bonds is 2. The predicted octanol–water partition coefficient (Wildman–Crippen LogP) is 3.72. The first-order valence-electron chi connectivity index (χ1n) is 5.21. The molecule has 1 aromatic carbocycles. The Bertz CT molecular complexity index is 622. The van der Waals surface area contributed by atoms with Crippen molar-refractivity contribution in [1.82, 2.24) is 4.98 Å². The first-order chi connectivity index (χ1) is 8.93. The van der Waals surface area contributed by atoms with Gasteiger partial charge in [0.25, 0.3) is 0 Å². The van der Waals surface area contributed by atoms with Crippen molar-refractivity contribution in [3.63, 3.8) is 0 Å². The van der Waals surface area contributed by atoms with E-state index in [-0.39, 0.29) is 23.1 Å². The summed E-state index contributed by atoms with van der Waals surface area (Å²) in [6.45, 7) is 0. The van der Waals surface area contributed by atoms with E-state index in [0.717, 1.165) is 6.07 Å². The smallest absolute Gasteiger partial charge is 0.298 e. The van der Waals surface area contributed by atoms with Crippen LogP contribution in [0.15, 0.2) is 36.5 Å². The molecule has 0 N–H and O–H groups in total. The van der Waals surface area contributed by atoms with Gasteiger partial charge in [0.1, 0.15) is 5.82 Å². The first kappa shape index (κ1) is 13.2. The van der Waals surface area contributed by atoms with Gasteiger partial charge in [0, 0.05) is 17.3 Å². The van der Waals surface area contributed by atoms with Gasteiger partial charge in [-0.25, -0.2) is 4.39 Å². The minimum atomic E-state index is -4.60. The molecule has 0 unspecified atom stereocenters. The van der Waals surface area contributed by atoms with E-state index >= 15 is 0 Å². The molecule has 6 heteroatoms. The average Bonchev–Trinajstić information content (AvgIpc) is 2.37. The number of aldehydes is 1. The summed E-state index contributed by atoms with van der Waals surface area (Å²) in [6.07, 6.45) is -3.79. The lowest BCUT2D eigenvalue weighted by atomic mass is 10.0. The zero-order chi connectivity index (χ0) is 14.0. The Balaban J connectivity index is 2.60. The first-order valence-corrected chi connectivity index (χ1v) is 5.21. The van der Waals surface area contributed by atoms with Crippen LogP contribution in [0.5, 0.6) is 0 Å². The van der Waals surface area contributed by atoms with Crippen molar-refractivity contribution in [2.75, 3.05) is 0 Å². The van der Waals surface area contributed by atoms with E-state index in [2.05, 4.69) is 4.98 Å². The molecular formula is C13H7F4NO. The van der Waals surface area contributed by atoms with E-state index in [1.807, 2.05) is 0 Å². The summed E-state index contributed by atoms with van der Waals surface area (Å²) in [5.74, 6) is -0.655. The number of carbonyl (C=O) groups excluding carboxylic acids is 1. The number of hydrogen-bond acceptors (Lipinski definition) is 2. The summed E-state index contributed by atoms with van der Waals surface area (Å²) in [6, 6.07) is 6.08. The van der Waals surface area contributed by atoms with E-state index in [1.165, 1.54) is 18.2 Å². The molecule has 2 rings (SSSR count). The maximum atomic E-state index is 13.5. The largest absolute Gasteiger partial charge is 0.417 e. The number of carbonyl (C=O) groups is 1. The number of pyridine rings is 1. The monoisotopic (exact) mass is 269 g/mol. The van der Waals surface area contributed by atoms with Crippen molar-refractivity contribution < 1.29 is 22.4 Å². The van der Waals surface area contributed by atoms with Crippen LogP contribution in [-0.4, -0.2) is 11.3 Å². The number of halogens is 4. The lowest BCUT2D eigenvalue weighted by Crippen LogP contribution is -2.07. The van der Waals surface area contributed by atoms with E-state index in [9.17, 15) is 22.4 Å². The van der Waals surface area contributed by atoms with Crippen molar-refractivity contribution in [3.05, 3.63) is 53.5 Å². The van der Waals surface area contributed by atoms with Crippen LogP contribution in [0.1, 0.15) is 15.9 Å². The van der Waals surface area contributed by atoms with Crippen molar-refractivity contribution in [2.24, 2.45) is 0 Å². The summed E-state index contributed by atoms with van der Waals surface area (Å²) in [4.78, 5) is 14.4. The topological polar surface area (TPSA) is 30.0 Å². The van der Waals surface area contributed by atoms with Crippen LogP contribution in [0.3, 0.4) is 0 Å². The highest BCUT2D eigenvalue weighted by molar-refractivity contribution is 5.86. The molecule has 2 nitrogen and oxygen atoms in total. The van der Waals surface area contributed by atoms with Gasteiger partial charge in [-0.05, 0) is 18.2 Å². The molecule has 0 saturated heterocycles. The molecule has 0 aliphatic rings. The molecule has 1 aromatic heterocycles. The number of benzene rings is 1. The van der Waals surface area contributed by atoms with Gasteiger partial charge in [-0.15, -0.1) is 0 Å². The lowest BCUT2D eigenvalue weighted by molar-refractivity contribution is -0.137. The highest BCUT2D eigenvalue weighted by Crippen LogP contribution is 2.32. The Morgan fingerprint density at radius 1 is 1.16 bits per heavy atom. The minimum Gasteiger partial charge on any atom is -0.298 e. The van der Waals surface area contributed by atoms with Gasteiger partial charge < -0.3 is 0 Å². The van der Waals surface area contributed by atoms with Gasteiger partial charge in [-0.1, -0.05) is 12.1 Å².